The van der Waals surface area contributed by atoms with Gasteiger partial charge in [0.1, 0.15) is 0 Å². The molecule has 0 amide bonds. The van der Waals surface area contributed by atoms with Gasteiger partial charge >= 0.3 is 0 Å². The molecule has 86 valence electrons. The Labute approximate surface area is 94.4 Å². The zero-order chi connectivity index (χ0) is 10.9. The molecule has 0 aromatic heterocycles. The normalized spacial score (nSPS) is 18.5. The second kappa shape index (κ2) is 7.73. The first kappa shape index (κ1) is 12.5. The van der Waals surface area contributed by atoms with Gasteiger partial charge in [-0.15, -0.1) is 11.8 Å². The number of hydrogen-bond acceptors (Lipinski definition) is 2. The average Bonchev–Trinajstić information content (AvgIpc) is 2.70. The van der Waals surface area contributed by atoms with Crippen molar-refractivity contribution in [1.29, 1.82) is 0 Å². The first-order valence-electron chi connectivity index (χ1n) is 6.15. The van der Waals surface area contributed by atoms with E-state index in [9.17, 15) is 0 Å². The fourth-order valence-electron chi connectivity index (χ4n) is 2.09. The molecule has 15 heavy (non-hydrogen) atoms. The van der Waals surface area contributed by atoms with E-state index in [2.05, 4.69) is 29.0 Å². The molecule has 1 aliphatic heterocycles. The third-order valence-corrected chi connectivity index (χ3v) is 2.86. The molecule has 0 aromatic rings. The molecule has 1 atom stereocenters. The Morgan fingerprint density at radius 1 is 1.33 bits per heavy atom. The smallest absolute Gasteiger partial charge is 0.0214 e. The summed E-state index contributed by atoms with van der Waals surface area (Å²) in [6.45, 7) is 10.3. The monoisotopic (exact) mass is 208 g/mol. The topological polar surface area (TPSA) is 15.3 Å². The van der Waals surface area contributed by atoms with Gasteiger partial charge in [0, 0.05) is 19.5 Å². The maximum absolute atomic E-state index is 3.46. The molecule has 0 aliphatic carbocycles. The molecule has 0 radical (unpaired) electrons. The van der Waals surface area contributed by atoms with Crippen molar-refractivity contribution < 1.29 is 0 Å². The van der Waals surface area contributed by atoms with E-state index in [0.717, 1.165) is 25.4 Å². The van der Waals surface area contributed by atoms with Crippen LogP contribution < -0.4 is 5.32 Å². The molecule has 1 unspecified atom stereocenters. The first-order chi connectivity index (χ1) is 7.33. The Morgan fingerprint density at radius 3 is 2.73 bits per heavy atom. The lowest BCUT2D eigenvalue weighted by Crippen LogP contribution is -2.31. The Kier molecular flexibility index (Phi) is 6.47. The minimum absolute atomic E-state index is 0.762. The van der Waals surface area contributed by atoms with E-state index < -0.39 is 0 Å². The highest BCUT2D eigenvalue weighted by molar-refractivity contribution is 4.95. The van der Waals surface area contributed by atoms with Crippen molar-refractivity contribution in [1.82, 2.24) is 10.2 Å². The fourth-order valence-corrected chi connectivity index (χ4v) is 2.09. The van der Waals surface area contributed by atoms with E-state index in [1.807, 2.05) is 6.92 Å². The Hall–Kier alpha value is -0.520. The van der Waals surface area contributed by atoms with Crippen LogP contribution in [0.25, 0.3) is 0 Å². The molecular weight excluding hydrogens is 184 g/mol. The summed E-state index contributed by atoms with van der Waals surface area (Å²) in [6, 6.07) is 0. The highest BCUT2D eigenvalue weighted by atomic mass is 15.1. The van der Waals surface area contributed by atoms with E-state index in [0.29, 0.717) is 0 Å². The molecule has 2 heteroatoms. The molecule has 0 aromatic carbocycles. The Morgan fingerprint density at radius 2 is 2.07 bits per heavy atom. The maximum atomic E-state index is 3.46. The van der Waals surface area contributed by atoms with Crippen LogP contribution in [0.4, 0.5) is 0 Å². The SMILES string of the molecule is CC#CCCNCC(C)CN1CCCC1. The lowest BCUT2D eigenvalue weighted by molar-refractivity contribution is 0.283. The number of nitrogens with zero attached hydrogens (tertiary/aromatic N) is 1. The maximum Gasteiger partial charge on any atom is 0.0214 e. The van der Waals surface area contributed by atoms with E-state index in [-0.39, 0.29) is 0 Å². The van der Waals surface area contributed by atoms with Crippen LogP contribution in [-0.2, 0) is 0 Å². The van der Waals surface area contributed by atoms with Gasteiger partial charge in [0.2, 0.25) is 0 Å². The van der Waals surface area contributed by atoms with Crippen LogP contribution in [-0.4, -0.2) is 37.6 Å². The van der Waals surface area contributed by atoms with Crippen LogP contribution in [0.2, 0.25) is 0 Å². The van der Waals surface area contributed by atoms with Gasteiger partial charge in [0.15, 0.2) is 0 Å². The predicted molar refractivity (Wildman–Crippen MR) is 65.8 cm³/mol. The molecule has 1 N–H and O–H groups in total. The van der Waals surface area contributed by atoms with Crippen molar-refractivity contribution >= 4 is 0 Å². The molecule has 1 fully saturated rings. The van der Waals surface area contributed by atoms with Crippen molar-refractivity contribution in [3.05, 3.63) is 0 Å². The van der Waals surface area contributed by atoms with Gasteiger partial charge in [-0.3, -0.25) is 0 Å². The number of rotatable bonds is 6. The predicted octanol–water partition coefficient (Wildman–Crippen LogP) is 1.72. The van der Waals surface area contributed by atoms with Gasteiger partial charge in [0.25, 0.3) is 0 Å². The van der Waals surface area contributed by atoms with Crippen LogP contribution in [0.1, 0.15) is 33.1 Å². The number of hydrogen-bond donors (Lipinski definition) is 1. The molecule has 0 spiro atoms. The Bertz CT molecular complexity index is 208. The van der Waals surface area contributed by atoms with Crippen molar-refractivity contribution in [2.75, 3.05) is 32.7 Å². The summed E-state index contributed by atoms with van der Waals surface area (Å²) >= 11 is 0. The summed E-state index contributed by atoms with van der Waals surface area (Å²) < 4.78 is 0. The lowest BCUT2D eigenvalue weighted by atomic mass is 10.1. The highest BCUT2D eigenvalue weighted by Gasteiger charge is 2.13. The van der Waals surface area contributed by atoms with Crippen LogP contribution in [0.5, 0.6) is 0 Å². The second-order valence-electron chi connectivity index (χ2n) is 4.49. The third-order valence-electron chi connectivity index (χ3n) is 2.86. The summed E-state index contributed by atoms with van der Waals surface area (Å²) in [5.74, 6) is 6.75. The van der Waals surface area contributed by atoms with Crippen molar-refractivity contribution in [2.45, 2.75) is 33.1 Å². The standard InChI is InChI=1S/C13H24N2/c1-3-4-5-8-14-11-13(2)12-15-9-6-7-10-15/h13-14H,5-12H2,1-2H3. The van der Waals surface area contributed by atoms with Gasteiger partial charge in [-0.05, 0) is 45.3 Å². The molecule has 1 heterocycles. The molecule has 2 nitrogen and oxygen atoms in total. The van der Waals surface area contributed by atoms with E-state index in [1.165, 1.54) is 32.5 Å². The summed E-state index contributed by atoms with van der Waals surface area (Å²) in [4.78, 5) is 2.58. The average molecular weight is 208 g/mol. The van der Waals surface area contributed by atoms with Crippen LogP contribution >= 0.6 is 0 Å². The van der Waals surface area contributed by atoms with E-state index >= 15 is 0 Å². The van der Waals surface area contributed by atoms with Gasteiger partial charge in [-0.25, -0.2) is 0 Å². The minimum Gasteiger partial charge on any atom is -0.315 e. The van der Waals surface area contributed by atoms with Crippen LogP contribution in [0.15, 0.2) is 0 Å². The summed E-state index contributed by atoms with van der Waals surface area (Å²) in [7, 11) is 0. The van der Waals surface area contributed by atoms with Gasteiger partial charge in [-0.1, -0.05) is 6.92 Å². The highest BCUT2D eigenvalue weighted by Crippen LogP contribution is 2.09. The molecule has 0 bridgehead atoms. The van der Waals surface area contributed by atoms with Crippen molar-refractivity contribution in [2.24, 2.45) is 5.92 Å². The number of likely N-dealkylation sites (tertiary alicyclic amines) is 1. The van der Waals surface area contributed by atoms with Crippen LogP contribution in [0.3, 0.4) is 0 Å². The molecule has 1 rings (SSSR count). The largest absolute Gasteiger partial charge is 0.315 e. The molecule has 1 saturated heterocycles. The minimum atomic E-state index is 0.762. The van der Waals surface area contributed by atoms with Crippen LogP contribution in [0, 0.1) is 17.8 Å². The second-order valence-corrected chi connectivity index (χ2v) is 4.49. The fraction of sp³-hybridized carbons (Fsp3) is 0.846. The summed E-state index contributed by atoms with van der Waals surface area (Å²) in [5.41, 5.74) is 0. The van der Waals surface area contributed by atoms with E-state index in [4.69, 9.17) is 0 Å². The zero-order valence-corrected chi connectivity index (χ0v) is 10.2. The van der Waals surface area contributed by atoms with Gasteiger partial charge in [0.05, 0.1) is 0 Å². The Balaban J connectivity index is 1.96. The molecule has 0 saturated carbocycles. The van der Waals surface area contributed by atoms with Crippen molar-refractivity contribution in [3.63, 3.8) is 0 Å². The zero-order valence-electron chi connectivity index (χ0n) is 10.2. The molecule has 1 aliphatic rings. The summed E-state index contributed by atoms with van der Waals surface area (Å²) in [5, 5.41) is 3.46. The first-order valence-corrected chi connectivity index (χ1v) is 6.15. The number of nitrogens with one attached hydrogen (secondary N) is 1. The van der Waals surface area contributed by atoms with Gasteiger partial charge < -0.3 is 10.2 Å². The lowest BCUT2D eigenvalue weighted by Gasteiger charge is -2.20. The third kappa shape index (κ3) is 5.81. The van der Waals surface area contributed by atoms with E-state index in [1.54, 1.807) is 0 Å². The molecular formula is C13H24N2. The quantitative estimate of drug-likeness (QED) is 0.528. The summed E-state index contributed by atoms with van der Waals surface area (Å²) in [6.07, 6.45) is 3.77. The van der Waals surface area contributed by atoms with Crippen molar-refractivity contribution in [3.8, 4) is 11.8 Å². The van der Waals surface area contributed by atoms with Gasteiger partial charge in [-0.2, -0.15) is 0 Å².